The fraction of sp³-hybridized carbons (Fsp3) is 0.438. The van der Waals surface area contributed by atoms with E-state index in [1.54, 1.807) is 18.2 Å². The molecule has 5 nitrogen and oxygen atoms in total. The minimum absolute atomic E-state index is 0.0341. The van der Waals surface area contributed by atoms with Crippen LogP contribution in [0.15, 0.2) is 34.5 Å². The molecule has 1 aliphatic rings. The number of thioether (sulfide) groups is 1. The highest BCUT2D eigenvalue weighted by Crippen LogP contribution is 2.33. The van der Waals surface area contributed by atoms with Crippen LogP contribution in [0.4, 0.5) is 5.69 Å². The molecule has 0 N–H and O–H groups in total. The third-order valence-electron chi connectivity index (χ3n) is 3.36. The Bertz CT molecular complexity index is 599. The van der Waals surface area contributed by atoms with Crippen molar-refractivity contribution in [2.45, 2.75) is 32.8 Å². The highest BCUT2D eigenvalue weighted by molar-refractivity contribution is 8.15. The molecule has 1 fully saturated rings. The fourth-order valence-electron chi connectivity index (χ4n) is 2.09. The van der Waals surface area contributed by atoms with E-state index in [9.17, 15) is 4.79 Å². The second kappa shape index (κ2) is 7.56. The van der Waals surface area contributed by atoms with Crippen molar-refractivity contribution in [1.29, 1.82) is 0 Å². The van der Waals surface area contributed by atoms with E-state index in [2.05, 4.69) is 24.1 Å². The Morgan fingerprint density at radius 2 is 2.05 bits per heavy atom. The number of amides is 1. The Morgan fingerprint density at radius 3 is 2.73 bits per heavy atom. The summed E-state index contributed by atoms with van der Waals surface area (Å²) in [5.74, 6) is 0.750. The van der Waals surface area contributed by atoms with Crippen molar-refractivity contribution < 1.29 is 9.53 Å². The number of benzene rings is 1. The molecule has 0 radical (unpaired) electrons. The molecule has 0 saturated carbocycles. The molecular formula is C16H21N3O2S. The van der Waals surface area contributed by atoms with Gasteiger partial charge in [0.1, 0.15) is 0 Å². The monoisotopic (exact) mass is 319 g/mol. The molecule has 0 aromatic heterocycles. The highest BCUT2D eigenvalue weighted by Gasteiger charge is 2.31. The maximum atomic E-state index is 12.3. The lowest BCUT2D eigenvalue weighted by molar-refractivity contribution is -0.115. The van der Waals surface area contributed by atoms with E-state index >= 15 is 0 Å². The summed E-state index contributed by atoms with van der Waals surface area (Å²) in [4.78, 5) is 13.9. The molecule has 0 bridgehead atoms. The number of amidine groups is 1. The number of anilines is 1. The summed E-state index contributed by atoms with van der Waals surface area (Å²) in [5, 5.41) is 8.83. The second-order valence-corrected chi connectivity index (χ2v) is 6.26. The number of methoxy groups -OCH3 is 1. The Morgan fingerprint density at radius 1 is 1.32 bits per heavy atom. The van der Waals surface area contributed by atoms with Gasteiger partial charge in [0.05, 0.1) is 23.8 Å². The zero-order valence-corrected chi connectivity index (χ0v) is 14.1. The first-order chi connectivity index (χ1) is 10.5. The number of hydrogen-bond donors (Lipinski definition) is 0. The number of hydrogen-bond acceptors (Lipinski definition) is 5. The predicted octanol–water partition coefficient (Wildman–Crippen LogP) is 3.27. The Balaban J connectivity index is 2.33. The third-order valence-corrected chi connectivity index (χ3v) is 4.27. The van der Waals surface area contributed by atoms with Gasteiger partial charge in [-0.3, -0.25) is 9.69 Å². The number of carbonyl (C=O) groups excluding carboxylic acids is 1. The van der Waals surface area contributed by atoms with Gasteiger partial charge in [0.15, 0.2) is 5.17 Å². The molecule has 6 heteroatoms. The molecule has 1 aliphatic heterocycles. The lowest BCUT2D eigenvalue weighted by Gasteiger charge is -2.20. The summed E-state index contributed by atoms with van der Waals surface area (Å²) in [7, 11) is 1.61. The average molecular weight is 319 g/mol. The van der Waals surface area contributed by atoms with Gasteiger partial charge in [-0.25, -0.2) is 0 Å². The Labute approximate surface area is 135 Å². The van der Waals surface area contributed by atoms with Gasteiger partial charge in [-0.05, 0) is 24.5 Å². The number of para-hydroxylation sites is 1. The van der Waals surface area contributed by atoms with E-state index in [0.29, 0.717) is 16.8 Å². The lowest BCUT2D eigenvalue weighted by Crippen LogP contribution is -2.30. The normalized spacial score (nSPS) is 18.9. The zero-order chi connectivity index (χ0) is 16.1. The standard InChI is InChI=1S/C16H21N3O2S/c1-11(2)13-7-5-6-8-14(13)19-15(20)10-22-16(19)18-17-9-12(3)21-4/h5-9,11-12H,10H2,1-4H3/b17-9+,18-16-. The van der Waals surface area contributed by atoms with Crippen LogP contribution in [0.3, 0.4) is 0 Å². The Kier molecular flexibility index (Phi) is 5.74. The molecule has 1 amide bonds. The molecule has 1 saturated heterocycles. The molecule has 22 heavy (non-hydrogen) atoms. The van der Waals surface area contributed by atoms with Crippen molar-refractivity contribution in [1.82, 2.24) is 0 Å². The van der Waals surface area contributed by atoms with Crippen LogP contribution in [0.2, 0.25) is 0 Å². The van der Waals surface area contributed by atoms with Gasteiger partial charge in [-0.15, -0.1) is 5.10 Å². The zero-order valence-electron chi connectivity index (χ0n) is 13.3. The van der Waals surface area contributed by atoms with Gasteiger partial charge < -0.3 is 4.74 Å². The van der Waals surface area contributed by atoms with E-state index in [4.69, 9.17) is 4.74 Å². The molecule has 1 atom stereocenters. The van der Waals surface area contributed by atoms with E-state index in [1.807, 2.05) is 31.2 Å². The minimum atomic E-state index is -0.108. The molecule has 0 spiro atoms. The van der Waals surface area contributed by atoms with Crippen LogP contribution in [-0.4, -0.2) is 36.3 Å². The summed E-state index contributed by atoms with van der Waals surface area (Å²) in [6.07, 6.45) is 1.51. The average Bonchev–Trinajstić information content (AvgIpc) is 2.87. The second-order valence-electron chi connectivity index (χ2n) is 5.32. The number of nitrogens with zero attached hydrogens (tertiary/aromatic N) is 3. The van der Waals surface area contributed by atoms with E-state index in [0.717, 1.165) is 11.3 Å². The first kappa shape index (κ1) is 16.7. The van der Waals surface area contributed by atoms with Crippen LogP contribution >= 0.6 is 11.8 Å². The molecule has 1 unspecified atom stereocenters. The van der Waals surface area contributed by atoms with Crippen LogP contribution < -0.4 is 4.90 Å². The summed E-state index contributed by atoms with van der Waals surface area (Å²) in [6, 6.07) is 7.92. The van der Waals surface area contributed by atoms with Crippen LogP contribution in [0.25, 0.3) is 0 Å². The largest absolute Gasteiger partial charge is 0.376 e. The maximum Gasteiger partial charge on any atom is 0.243 e. The number of carbonyl (C=O) groups is 1. The van der Waals surface area contributed by atoms with Crippen LogP contribution in [-0.2, 0) is 9.53 Å². The van der Waals surface area contributed by atoms with E-state index in [1.165, 1.54) is 11.8 Å². The molecule has 1 heterocycles. The first-order valence-corrected chi connectivity index (χ1v) is 8.21. The molecule has 118 valence electrons. The third kappa shape index (κ3) is 3.75. The lowest BCUT2D eigenvalue weighted by atomic mass is 10.0. The maximum absolute atomic E-state index is 12.3. The number of ether oxygens (including phenoxy) is 1. The predicted molar refractivity (Wildman–Crippen MR) is 92.9 cm³/mol. The van der Waals surface area contributed by atoms with Gasteiger partial charge in [-0.2, -0.15) is 5.10 Å². The van der Waals surface area contributed by atoms with Crippen molar-refractivity contribution in [3.63, 3.8) is 0 Å². The SMILES string of the molecule is COC(C)/C=N/N=C1\SCC(=O)N1c1ccccc1C(C)C. The van der Waals surface area contributed by atoms with Gasteiger partial charge in [0.25, 0.3) is 0 Å². The topological polar surface area (TPSA) is 54.3 Å². The molecule has 1 aromatic carbocycles. The molecule has 2 rings (SSSR count). The van der Waals surface area contributed by atoms with Crippen molar-refractivity contribution >= 4 is 34.7 Å². The van der Waals surface area contributed by atoms with E-state index < -0.39 is 0 Å². The minimum Gasteiger partial charge on any atom is -0.376 e. The van der Waals surface area contributed by atoms with E-state index in [-0.39, 0.29) is 12.0 Å². The van der Waals surface area contributed by atoms with Crippen molar-refractivity contribution in [3.8, 4) is 0 Å². The van der Waals surface area contributed by atoms with Crippen molar-refractivity contribution in [2.24, 2.45) is 10.2 Å². The Hall–Kier alpha value is -1.66. The van der Waals surface area contributed by atoms with Crippen molar-refractivity contribution in [2.75, 3.05) is 17.8 Å². The summed E-state index contributed by atoms with van der Waals surface area (Å²) < 4.78 is 5.09. The fourth-order valence-corrected chi connectivity index (χ4v) is 2.91. The molecule has 1 aromatic rings. The molecule has 0 aliphatic carbocycles. The van der Waals surface area contributed by atoms with Crippen LogP contribution in [0, 0.1) is 0 Å². The summed E-state index contributed by atoms with van der Waals surface area (Å²) in [5.41, 5.74) is 2.02. The van der Waals surface area contributed by atoms with Gasteiger partial charge in [-0.1, -0.05) is 43.8 Å². The number of rotatable bonds is 5. The van der Waals surface area contributed by atoms with Gasteiger partial charge in [0, 0.05) is 7.11 Å². The summed E-state index contributed by atoms with van der Waals surface area (Å²) in [6.45, 7) is 6.10. The smallest absolute Gasteiger partial charge is 0.243 e. The highest BCUT2D eigenvalue weighted by atomic mass is 32.2. The van der Waals surface area contributed by atoms with Crippen molar-refractivity contribution in [3.05, 3.63) is 29.8 Å². The van der Waals surface area contributed by atoms with Crippen LogP contribution in [0.5, 0.6) is 0 Å². The van der Waals surface area contributed by atoms with Crippen LogP contribution in [0.1, 0.15) is 32.3 Å². The van der Waals surface area contributed by atoms with Gasteiger partial charge >= 0.3 is 0 Å². The quantitative estimate of drug-likeness (QED) is 0.618. The molecular weight excluding hydrogens is 298 g/mol. The summed E-state index contributed by atoms with van der Waals surface area (Å²) >= 11 is 1.40. The first-order valence-electron chi connectivity index (χ1n) is 7.23. The van der Waals surface area contributed by atoms with Gasteiger partial charge in [0.2, 0.25) is 5.91 Å².